The Bertz CT molecular complexity index is 465. The number of rotatable bonds is 2. The molecule has 17 heavy (non-hydrogen) atoms. The van der Waals surface area contributed by atoms with Gasteiger partial charge < -0.3 is 10.4 Å². The van der Waals surface area contributed by atoms with Gasteiger partial charge in [-0.1, -0.05) is 29.3 Å². The van der Waals surface area contributed by atoms with Gasteiger partial charge in [-0.3, -0.25) is 0 Å². The maximum atomic E-state index is 9.64. The highest BCUT2D eigenvalue weighted by molar-refractivity contribution is 6.42. The van der Waals surface area contributed by atoms with E-state index in [1.54, 1.807) is 0 Å². The van der Waals surface area contributed by atoms with Crippen molar-refractivity contribution < 1.29 is 5.11 Å². The van der Waals surface area contributed by atoms with E-state index in [1.165, 1.54) is 5.56 Å². The highest BCUT2D eigenvalue weighted by Crippen LogP contribution is 2.67. The van der Waals surface area contributed by atoms with Crippen LogP contribution in [0.3, 0.4) is 0 Å². The number of aliphatic hydroxyl groups excluding tert-OH is 1. The molecule has 2 nitrogen and oxygen atoms in total. The second kappa shape index (κ2) is 3.86. The third-order valence-electron chi connectivity index (χ3n) is 4.50. The molecule has 0 bridgehead atoms. The fraction of sp³-hybridized carbons (Fsp3) is 0.538. The standard InChI is InChI=1S/C13H15Cl2NO/c14-10-2-1-9(5-11(10)15)13-3-4-16-7-12(13,6-13)8-17/h1-2,5,16-17H,3-4,6-8H2/t12?,13-/m1/s1. The SMILES string of the molecule is OCC12CNCC[C@]1(c1ccc(Cl)c(Cl)c1)C2. The number of hydrogen-bond donors (Lipinski definition) is 2. The Morgan fingerprint density at radius 3 is 2.82 bits per heavy atom. The van der Waals surface area contributed by atoms with Crippen molar-refractivity contribution in [2.45, 2.75) is 18.3 Å². The zero-order valence-corrected chi connectivity index (χ0v) is 11.0. The Balaban J connectivity index is 2.01. The Morgan fingerprint density at radius 2 is 2.12 bits per heavy atom. The first-order chi connectivity index (χ1) is 8.13. The molecule has 1 saturated heterocycles. The summed E-state index contributed by atoms with van der Waals surface area (Å²) in [7, 11) is 0. The molecule has 0 radical (unpaired) electrons. The van der Waals surface area contributed by atoms with Crippen LogP contribution in [0.1, 0.15) is 18.4 Å². The number of piperidine rings is 1. The van der Waals surface area contributed by atoms with Crippen LogP contribution >= 0.6 is 23.2 Å². The molecule has 1 aliphatic carbocycles. The molecule has 1 aromatic carbocycles. The predicted molar refractivity (Wildman–Crippen MR) is 69.8 cm³/mol. The van der Waals surface area contributed by atoms with Gasteiger partial charge in [0.05, 0.1) is 16.7 Å². The monoisotopic (exact) mass is 271 g/mol. The molecule has 92 valence electrons. The molecule has 1 heterocycles. The van der Waals surface area contributed by atoms with Gasteiger partial charge in [-0.2, -0.15) is 0 Å². The minimum atomic E-state index is 0.0163. The fourth-order valence-corrected chi connectivity index (χ4v) is 3.66. The lowest BCUT2D eigenvalue weighted by atomic mass is 9.81. The molecule has 0 amide bonds. The summed E-state index contributed by atoms with van der Waals surface area (Å²) >= 11 is 12.0. The minimum Gasteiger partial charge on any atom is -0.396 e. The quantitative estimate of drug-likeness (QED) is 0.867. The van der Waals surface area contributed by atoms with Gasteiger partial charge in [0.15, 0.2) is 0 Å². The number of fused-ring (bicyclic) bond motifs is 1. The largest absolute Gasteiger partial charge is 0.396 e. The van der Waals surface area contributed by atoms with E-state index in [0.717, 1.165) is 25.9 Å². The van der Waals surface area contributed by atoms with Crippen molar-refractivity contribution in [3.8, 4) is 0 Å². The molecule has 2 N–H and O–H groups in total. The molecule has 1 aromatic rings. The van der Waals surface area contributed by atoms with Crippen LogP contribution in [0, 0.1) is 5.41 Å². The summed E-state index contributed by atoms with van der Waals surface area (Å²) in [6.45, 7) is 2.13. The number of halogens is 2. The first kappa shape index (κ1) is 11.8. The molecule has 4 heteroatoms. The molecule has 2 aliphatic rings. The molecule has 1 saturated carbocycles. The van der Waals surface area contributed by atoms with E-state index in [-0.39, 0.29) is 17.4 Å². The predicted octanol–water partition coefficient (Wildman–Crippen LogP) is 2.61. The molecule has 1 aliphatic heterocycles. The van der Waals surface area contributed by atoms with Crippen molar-refractivity contribution in [2.24, 2.45) is 5.41 Å². The molecule has 2 atom stereocenters. The van der Waals surface area contributed by atoms with Crippen LogP contribution in [-0.4, -0.2) is 24.8 Å². The molecule has 3 rings (SSSR count). The smallest absolute Gasteiger partial charge is 0.0595 e. The lowest BCUT2D eigenvalue weighted by molar-refractivity contribution is 0.169. The Kier molecular flexibility index (Phi) is 2.67. The average molecular weight is 272 g/mol. The summed E-state index contributed by atoms with van der Waals surface area (Å²) in [5.74, 6) is 0. The minimum absolute atomic E-state index is 0.0163. The summed E-state index contributed by atoms with van der Waals surface area (Å²) in [5.41, 5.74) is 1.35. The molecule has 2 fully saturated rings. The van der Waals surface area contributed by atoms with E-state index < -0.39 is 0 Å². The summed E-state index contributed by atoms with van der Waals surface area (Å²) in [4.78, 5) is 0. The Labute approximate surface area is 111 Å². The lowest BCUT2D eigenvalue weighted by Gasteiger charge is -2.30. The van der Waals surface area contributed by atoms with Gasteiger partial charge in [-0.25, -0.2) is 0 Å². The highest BCUT2D eigenvalue weighted by atomic mass is 35.5. The first-order valence-corrected chi connectivity index (χ1v) is 6.66. The van der Waals surface area contributed by atoms with Crippen LogP contribution in [0.5, 0.6) is 0 Å². The molecule has 0 spiro atoms. The number of nitrogens with one attached hydrogen (secondary N) is 1. The van der Waals surface area contributed by atoms with Gasteiger partial charge in [-0.15, -0.1) is 0 Å². The second-order valence-corrected chi connectivity index (χ2v) is 6.07. The first-order valence-electron chi connectivity index (χ1n) is 5.91. The van der Waals surface area contributed by atoms with E-state index in [4.69, 9.17) is 23.2 Å². The van der Waals surface area contributed by atoms with Gasteiger partial charge >= 0.3 is 0 Å². The maximum absolute atomic E-state index is 9.64. The van der Waals surface area contributed by atoms with E-state index >= 15 is 0 Å². The molecule has 0 aromatic heterocycles. The van der Waals surface area contributed by atoms with E-state index in [0.29, 0.717) is 10.0 Å². The Hall–Kier alpha value is -0.280. The van der Waals surface area contributed by atoms with Crippen molar-refractivity contribution in [2.75, 3.05) is 19.7 Å². The average Bonchev–Trinajstić information content (AvgIpc) is 3.04. The molecular formula is C13H15Cl2NO. The maximum Gasteiger partial charge on any atom is 0.0595 e. The van der Waals surface area contributed by atoms with Crippen LogP contribution in [-0.2, 0) is 5.41 Å². The summed E-state index contributed by atoms with van der Waals surface area (Å²) in [6, 6.07) is 5.88. The van der Waals surface area contributed by atoms with E-state index in [2.05, 4.69) is 11.4 Å². The van der Waals surface area contributed by atoms with Gasteiger partial charge in [0.2, 0.25) is 0 Å². The topological polar surface area (TPSA) is 32.3 Å². The zero-order valence-electron chi connectivity index (χ0n) is 9.47. The van der Waals surface area contributed by atoms with E-state index in [1.807, 2.05) is 12.1 Å². The van der Waals surface area contributed by atoms with Crippen molar-refractivity contribution in [1.82, 2.24) is 5.32 Å². The molecule has 1 unspecified atom stereocenters. The van der Waals surface area contributed by atoms with Crippen LogP contribution in [0.25, 0.3) is 0 Å². The van der Waals surface area contributed by atoms with Crippen LogP contribution in [0.15, 0.2) is 18.2 Å². The third kappa shape index (κ3) is 1.55. The van der Waals surface area contributed by atoms with Gasteiger partial charge in [0.25, 0.3) is 0 Å². The number of aliphatic hydroxyl groups is 1. The van der Waals surface area contributed by atoms with Crippen LogP contribution < -0.4 is 5.32 Å². The van der Waals surface area contributed by atoms with Crippen LogP contribution in [0.2, 0.25) is 10.0 Å². The number of hydrogen-bond acceptors (Lipinski definition) is 2. The van der Waals surface area contributed by atoms with Gasteiger partial charge in [0, 0.05) is 17.4 Å². The Morgan fingerprint density at radius 1 is 1.29 bits per heavy atom. The molecular weight excluding hydrogens is 257 g/mol. The normalized spacial score (nSPS) is 35.5. The van der Waals surface area contributed by atoms with Crippen molar-refractivity contribution in [3.63, 3.8) is 0 Å². The number of benzene rings is 1. The van der Waals surface area contributed by atoms with Gasteiger partial charge in [-0.05, 0) is 37.1 Å². The fourth-order valence-electron chi connectivity index (χ4n) is 3.36. The second-order valence-electron chi connectivity index (χ2n) is 5.25. The van der Waals surface area contributed by atoms with Crippen LogP contribution in [0.4, 0.5) is 0 Å². The summed E-state index contributed by atoms with van der Waals surface area (Å²) in [6.07, 6.45) is 2.10. The summed E-state index contributed by atoms with van der Waals surface area (Å²) in [5, 5.41) is 14.2. The zero-order chi connectivity index (χ0) is 12.1. The highest BCUT2D eigenvalue weighted by Gasteiger charge is 2.68. The third-order valence-corrected chi connectivity index (χ3v) is 5.24. The van der Waals surface area contributed by atoms with Crippen molar-refractivity contribution in [3.05, 3.63) is 33.8 Å². The summed E-state index contributed by atoms with van der Waals surface area (Å²) < 4.78 is 0. The van der Waals surface area contributed by atoms with Crippen molar-refractivity contribution in [1.29, 1.82) is 0 Å². The van der Waals surface area contributed by atoms with E-state index in [9.17, 15) is 5.11 Å². The van der Waals surface area contributed by atoms with Gasteiger partial charge in [0.1, 0.15) is 0 Å². The lowest BCUT2D eigenvalue weighted by Crippen LogP contribution is -2.40. The van der Waals surface area contributed by atoms with Crippen molar-refractivity contribution >= 4 is 23.2 Å².